The highest BCUT2D eigenvalue weighted by Crippen LogP contribution is 2.29. The molecule has 3 rings (SSSR count). The molecule has 116 valence electrons. The number of thioether (sulfide) groups is 1. The summed E-state index contributed by atoms with van der Waals surface area (Å²) >= 11 is 2.05. The van der Waals surface area contributed by atoms with Crippen molar-refractivity contribution in [1.29, 1.82) is 0 Å². The van der Waals surface area contributed by atoms with Crippen molar-refractivity contribution in [2.45, 2.75) is 56.0 Å². The lowest BCUT2D eigenvalue weighted by Gasteiger charge is -2.34. The molecule has 1 N–H and O–H groups in total. The van der Waals surface area contributed by atoms with Gasteiger partial charge in [0.1, 0.15) is 0 Å². The Morgan fingerprint density at radius 2 is 1.81 bits per heavy atom. The zero-order valence-corrected chi connectivity index (χ0v) is 13.9. The first kappa shape index (κ1) is 15.4. The molecule has 1 heterocycles. The molecule has 1 aliphatic carbocycles. The van der Waals surface area contributed by atoms with Crippen molar-refractivity contribution in [2.75, 3.05) is 19.3 Å². The molecule has 1 aromatic rings. The van der Waals surface area contributed by atoms with Crippen molar-refractivity contribution in [3.8, 4) is 0 Å². The van der Waals surface area contributed by atoms with E-state index in [1.807, 2.05) is 0 Å². The molecule has 2 fully saturated rings. The van der Waals surface area contributed by atoms with Crippen LogP contribution < -0.4 is 5.32 Å². The molecule has 0 unspecified atom stereocenters. The van der Waals surface area contributed by atoms with Crippen LogP contribution in [0.15, 0.2) is 30.3 Å². The Bertz CT molecular complexity index is 414. The van der Waals surface area contributed by atoms with Crippen LogP contribution in [0.5, 0.6) is 0 Å². The molecule has 1 saturated heterocycles. The van der Waals surface area contributed by atoms with Crippen LogP contribution in [0.25, 0.3) is 0 Å². The molecule has 21 heavy (non-hydrogen) atoms. The minimum absolute atomic E-state index is 0.752. The first-order chi connectivity index (χ1) is 10.3. The number of piperidine rings is 1. The summed E-state index contributed by atoms with van der Waals surface area (Å²) in [6.07, 6.45) is 9.06. The van der Waals surface area contributed by atoms with Gasteiger partial charge < -0.3 is 5.32 Å². The van der Waals surface area contributed by atoms with Gasteiger partial charge in [-0.1, -0.05) is 30.3 Å². The molecule has 0 amide bonds. The summed E-state index contributed by atoms with van der Waals surface area (Å²) in [5, 5.41) is 4.83. The van der Waals surface area contributed by atoms with Crippen molar-refractivity contribution in [1.82, 2.24) is 10.2 Å². The first-order valence-electron chi connectivity index (χ1n) is 8.38. The SMILES string of the molecule is CS[C@@H]1CC[C@@H](NC2CCN(Cc3ccccc3)CC2)C1. The van der Waals surface area contributed by atoms with Crippen LogP contribution in [0, 0.1) is 0 Å². The van der Waals surface area contributed by atoms with E-state index in [1.165, 1.54) is 50.8 Å². The van der Waals surface area contributed by atoms with Gasteiger partial charge in [-0.05, 0) is 57.0 Å². The Hall–Kier alpha value is -0.510. The van der Waals surface area contributed by atoms with Crippen LogP contribution in [0.2, 0.25) is 0 Å². The number of hydrogen-bond acceptors (Lipinski definition) is 3. The monoisotopic (exact) mass is 304 g/mol. The van der Waals surface area contributed by atoms with Crippen LogP contribution in [-0.4, -0.2) is 41.6 Å². The number of nitrogens with zero attached hydrogens (tertiary/aromatic N) is 1. The van der Waals surface area contributed by atoms with Gasteiger partial charge in [-0.15, -0.1) is 0 Å². The summed E-state index contributed by atoms with van der Waals surface area (Å²) in [4.78, 5) is 2.60. The number of likely N-dealkylation sites (tertiary alicyclic amines) is 1. The standard InChI is InChI=1S/C18H28N2S/c1-21-18-8-7-17(13-18)19-16-9-11-20(12-10-16)14-15-5-3-2-4-6-15/h2-6,16-19H,7-14H2,1H3/t17-,18-/m1/s1. The quantitative estimate of drug-likeness (QED) is 0.896. The van der Waals surface area contributed by atoms with E-state index < -0.39 is 0 Å². The molecule has 0 radical (unpaired) electrons. The molecule has 2 aliphatic rings. The third kappa shape index (κ3) is 4.48. The minimum atomic E-state index is 0.752. The van der Waals surface area contributed by atoms with Gasteiger partial charge in [-0.25, -0.2) is 0 Å². The lowest BCUT2D eigenvalue weighted by Crippen LogP contribution is -2.45. The number of rotatable bonds is 5. The largest absolute Gasteiger partial charge is 0.311 e. The second-order valence-corrected chi connectivity index (χ2v) is 7.71. The zero-order chi connectivity index (χ0) is 14.5. The Morgan fingerprint density at radius 1 is 1.05 bits per heavy atom. The second kappa shape index (κ2) is 7.66. The summed E-state index contributed by atoms with van der Waals surface area (Å²) in [6.45, 7) is 3.60. The van der Waals surface area contributed by atoms with E-state index in [0.717, 1.165) is 23.9 Å². The fourth-order valence-electron chi connectivity index (χ4n) is 3.74. The summed E-state index contributed by atoms with van der Waals surface area (Å²) in [7, 11) is 0. The van der Waals surface area contributed by atoms with Crippen molar-refractivity contribution >= 4 is 11.8 Å². The normalized spacial score (nSPS) is 28.0. The summed E-state index contributed by atoms with van der Waals surface area (Å²) < 4.78 is 0. The smallest absolute Gasteiger partial charge is 0.0233 e. The first-order valence-corrected chi connectivity index (χ1v) is 9.67. The Kier molecular flexibility index (Phi) is 5.61. The van der Waals surface area contributed by atoms with Gasteiger partial charge in [0.2, 0.25) is 0 Å². The lowest BCUT2D eigenvalue weighted by molar-refractivity contribution is 0.184. The molecule has 0 spiro atoms. The van der Waals surface area contributed by atoms with E-state index in [1.54, 1.807) is 0 Å². The molecule has 2 nitrogen and oxygen atoms in total. The van der Waals surface area contributed by atoms with Gasteiger partial charge in [0.25, 0.3) is 0 Å². The van der Waals surface area contributed by atoms with Crippen LogP contribution in [0.1, 0.15) is 37.7 Å². The van der Waals surface area contributed by atoms with E-state index >= 15 is 0 Å². The molecule has 3 heteroatoms. The lowest BCUT2D eigenvalue weighted by atomic mass is 10.0. The number of nitrogens with one attached hydrogen (secondary N) is 1. The van der Waals surface area contributed by atoms with E-state index in [4.69, 9.17) is 0 Å². The maximum atomic E-state index is 3.93. The molecule has 1 aromatic carbocycles. The third-order valence-corrected chi connectivity index (χ3v) is 6.12. The van der Waals surface area contributed by atoms with Gasteiger partial charge in [-0.2, -0.15) is 11.8 Å². The van der Waals surface area contributed by atoms with Crippen molar-refractivity contribution in [2.24, 2.45) is 0 Å². The highest BCUT2D eigenvalue weighted by Gasteiger charge is 2.27. The number of benzene rings is 1. The van der Waals surface area contributed by atoms with Crippen LogP contribution in [-0.2, 0) is 6.54 Å². The maximum absolute atomic E-state index is 3.93. The number of hydrogen-bond donors (Lipinski definition) is 1. The van der Waals surface area contributed by atoms with Crippen molar-refractivity contribution in [3.63, 3.8) is 0 Å². The van der Waals surface area contributed by atoms with Gasteiger partial charge >= 0.3 is 0 Å². The maximum Gasteiger partial charge on any atom is 0.0233 e. The van der Waals surface area contributed by atoms with Crippen LogP contribution in [0.4, 0.5) is 0 Å². The average molecular weight is 305 g/mol. The van der Waals surface area contributed by atoms with Gasteiger partial charge in [0.15, 0.2) is 0 Å². The minimum Gasteiger partial charge on any atom is -0.311 e. The summed E-state index contributed by atoms with van der Waals surface area (Å²) in [5.74, 6) is 0. The van der Waals surface area contributed by atoms with E-state index in [2.05, 4.69) is 58.6 Å². The molecule has 0 aromatic heterocycles. The van der Waals surface area contributed by atoms with Gasteiger partial charge in [0, 0.05) is 23.9 Å². The summed E-state index contributed by atoms with van der Waals surface area (Å²) in [6, 6.07) is 12.4. The highest BCUT2D eigenvalue weighted by molar-refractivity contribution is 7.99. The fourth-order valence-corrected chi connectivity index (χ4v) is 4.53. The topological polar surface area (TPSA) is 15.3 Å². The Balaban J connectivity index is 1.39. The third-order valence-electron chi connectivity index (χ3n) is 5.03. The van der Waals surface area contributed by atoms with E-state index in [-0.39, 0.29) is 0 Å². The molecule has 1 aliphatic heterocycles. The summed E-state index contributed by atoms with van der Waals surface area (Å²) in [5.41, 5.74) is 1.45. The zero-order valence-electron chi connectivity index (χ0n) is 13.1. The van der Waals surface area contributed by atoms with Crippen LogP contribution >= 0.6 is 11.8 Å². The van der Waals surface area contributed by atoms with Crippen LogP contribution in [0.3, 0.4) is 0 Å². The van der Waals surface area contributed by atoms with Crippen molar-refractivity contribution < 1.29 is 0 Å². The van der Waals surface area contributed by atoms with E-state index in [9.17, 15) is 0 Å². The molecule has 2 atom stereocenters. The Morgan fingerprint density at radius 3 is 2.48 bits per heavy atom. The Labute approximate surface area is 133 Å². The second-order valence-electron chi connectivity index (χ2n) is 6.57. The van der Waals surface area contributed by atoms with Gasteiger partial charge in [-0.3, -0.25) is 4.90 Å². The fraction of sp³-hybridized carbons (Fsp3) is 0.667. The molecule has 0 bridgehead atoms. The molecular weight excluding hydrogens is 276 g/mol. The molecule has 1 saturated carbocycles. The van der Waals surface area contributed by atoms with Crippen molar-refractivity contribution in [3.05, 3.63) is 35.9 Å². The predicted octanol–water partition coefficient (Wildman–Crippen LogP) is 3.52. The van der Waals surface area contributed by atoms with Gasteiger partial charge in [0.05, 0.1) is 0 Å². The van der Waals surface area contributed by atoms with E-state index in [0.29, 0.717) is 0 Å². The predicted molar refractivity (Wildman–Crippen MR) is 92.8 cm³/mol. The average Bonchev–Trinajstić information content (AvgIpc) is 2.98. The molecular formula is C18H28N2S. The highest BCUT2D eigenvalue weighted by atomic mass is 32.2.